The molecule has 0 spiro atoms. The molecule has 0 aliphatic rings. The molecule has 1 heterocycles. The minimum absolute atomic E-state index is 0.630. The molecule has 0 bridgehead atoms. The van der Waals surface area contributed by atoms with E-state index in [0.717, 1.165) is 17.5 Å². The molecule has 0 atom stereocenters. The van der Waals surface area contributed by atoms with Gasteiger partial charge in [0.15, 0.2) is 0 Å². The zero-order chi connectivity index (χ0) is 11.5. The third-order valence-corrected chi connectivity index (χ3v) is 3.03. The third-order valence-electron chi connectivity index (χ3n) is 2.51. The average molecular weight is 279 g/mol. The van der Waals surface area contributed by atoms with E-state index >= 15 is 0 Å². The van der Waals surface area contributed by atoms with Crippen LogP contribution in [0, 0.1) is 5.92 Å². The van der Waals surface area contributed by atoms with Crippen molar-refractivity contribution in [2.45, 2.75) is 20.3 Å². The molecule has 2 aromatic rings. The van der Waals surface area contributed by atoms with E-state index in [4.69, 9.17) is 0 Å². The Kier molecular flexibility index (Phi) is 3.44. The topological polar surface area (TPSA) is 17.8 Å². The fourth-order valence-electron chi connectivity index (χ4n) is 1.80. The first-order valence-corrected chi connectivity index (χ1v) is 6.35. The van der Waals surface area contributed by atoms with Crippen molar-refractivity contribution in [3.63, 3.8) is 0 Å². The Morgan fingerprint density at radius 1 is 1.44 bits per heavy atom. The van der Waals surface area contributed by atoms with E-state index in [1.165, 1.54) is 5.70 Å². The molecule has 84 valence electrons. The zero-order valence-corrected chi connectivity index (χ0v) is 11.1. The molecule has 0 N–H and O–H groups in total. The highest BCUT2D eigenvalue weighted by molar-refractivity contribution is 9.11. The number of hydrogen-bond donors (Lipinski definition) is 0. The second-order valence-corrected chi connectivity index (χ2v) is 4.76. The van der Waals surface area contributed by atoms with Gasteiger partial charge < -0.3 is 4.57 Å². The van der Waals surface area contributed by atoms with Crippen molar-refractivity contribution in [1.82, 2.24) is 9.55 Å². The summed E-state index contributed by atoms with van der Waals surface area (Å²) < 4.78 is 2.14. The van der Waals surface area contributed by atoms with Crippen LogP contribution in [0.5, 0.6) is 0 Å². The van der Waals surface area contributed by atoms with Crippen molar-refractivity contribution in [3.05, 3.63) is 35.6 Å². The van der Waals surface area contributed by atoms with E-state index in [1.54, 1.807) is 0 Å². The summed E-state index contributed by atoms with van der Waals surface area (Å²) in [4.78, 5) is 6.38. The summed E-state index contributed by atoms with van der Waals surface area (Å²) in [7, 11) is 0. The Morgan fingerprint density at radius 3 is 2.88 bits per heavy atom. The van der Waals surface area contributed by atoms with Crippen LogP contribution in [0.2, 0.25) is 0 Å². The van der Waals surface area contributed by atoms with Gasteiger partial charge in [0.2, 0.25) is 0 Å². The number of allylic oxidation sites excluding steroid dienone is 1. The first-order valence-electron chi connectivity index (χ1n) is 5.44. The van der Waals surface area contributed by atoms with Crippen molar-refractivity contribution in [3.8, 4) is 0 Å². The third kappa shape index (κ3) is 2.19. The van der Waals surface area contributed by atoms with Crippen LogP contribution in [0.1, 0.15) is 20.3 Å². The van der Waals surface area contributed by atoms with Gasteiger partial charge in [0.25, 0.3) is 0 Å². The van der Waals surface area contributed by atoms with Crippen molar-refractivity contribution >= 4 is 32.7 Å². The summed E-state index contributed by atoms with van der Waals surface area (Å²) in [5, 5.41) is 0. The summed E-state index contributed by atoms with van der Waals surface area (Å²) in [5.74, 6) is 0.630. The molecule has 0 unspecified atom stereocenters. The number of halogens is 1. The number of aromatic nitrogens is 2. The summed E-state index contributed by atoms with van der Waals surface area (Å²) in [6.07, 6.45) is 2.92. The molecule has 0 radical (unpaired) electrons. The van der Waals surface area contributed by atoms with E-state index < -0.39 is 0 Å². The molecule has 2 nitrogen and oxygen atoms in total. The molecule has 0 amide bonds. The average Bonchev–Trinajstić information content (AvgIpc) is 2.69. The lowest BCUT2D eigenvalue weighted by molar-refractivity contribution is 0.659. The minimum Gasteiger partial charge on any atom is -0.302 e. The Labute approximate surface area is 104 Å². The second kappa shape index (κ2) is 4.83. The van der Waals surface area contributed by atoms with Crippen LogP contribution >= 0.6 is 15.9 Å². The van der Waals surface area contributed by atoms with Gasteiger partial charge in [-0.15, -0.1) is 0 Å². The van der Waals surface area contributed by atoms with Crippen molar-refractivity contribution < 1.29 is 0 Å². The van der Waals surface area contributed by atoms with E-state index in [9.17, 15) is 0 Å². The SMILES string of the molecule is CC(C)C/C(=C/Br)n1cnc2ccccc21. The second-order valence-electron chi connectivity index (χ2n) is 4.30. The number of benzene rings is 1. The minimum atomic E-state index is 0.630. The van der Waals surface area contributed by atoms with Gasteiger partial charge in [0.05, 0.1) is 11.0 Å². The van der Waals surface area contributed by atoms with Gasteiger partial charge in [-0.1, -0.05) is 41.9 Å². The maximum atomic E-state index is 4.40. The molecule has 0 fully saturated rings. The van der Waals surface area contributed by atoms with Gasteiger partial charge in [0.1, 0.15) is 6.33 Å². The van der Waals surface area contributed by atoms with Gasteiger partial charge in [-0.05, 0) is 24.5 Å². The van der Waals surface area contributed by atoms with Crippen molar-refractivity contribution in [2.75, 3.05) is 0 Å². The molecular formula is C13H15BrN2. The van der Waals surface area contributed by atoms with Crippen LogP contribution in [0.4, 0.5) is 0 Å². The summed E-state index contributed by atoms with van der Waals surface area (Å²) in [5.41, 5.74) is 3.44. The Bertz CT molecular complexity index is 511. The zero-order valence-electron chi connectivity index (χ0n) is 9.52. The lowest BCUT2D eigenvalue weighted by atomic mass is 10.1. The van der Waals surface area contributed by atoms with Crippen LogP contribution in [0.15, 0.2) is 35.6 Å². The van der Waals surface area contributed by atoms with E-state index in [0.29, 0.717) is 5.92 Å². The number of fused-ring (bicyclic) bond motifs is 1. The number of nitrogens with zero attached hydrogens (tertiary/aromatic N) is 2. The lowest BCUT2D eigenvalue weighted by Gasteiger charge is -2.11. The fourth-order valence-corrected chi connectivity index (χ4v) is 2.21. The fraction of sp³-hybridized carbons (Fsp3) is 0.308. The highest BCUT2D eigenvalue weighted by Crippen LogP contribution is 2.22. The Balaban J connectivity index is 2.46. The normalized spacial score (nSPS) is 12.6. The predicted molar refractivity (Wildman–Crippen MR) is 72.4 cm³/mol. The van der Waals surface area contributed by atoms with Crippen LogP contribution in [0.3, 0.4) is 0 Å². The van der Waals surface area contributed by atoms with Gasteiger partial charge in [-0.2, -0.15) is 0 Å². The standard InChI is InChI=1S/C13H15BrN2/c1-10(2)7-11(8-14)16-9-15-12-5-3-4-6-13(12)16/h3-6,8-10H,7H2,1-2H3/b11-8-. The van der Waals surface area contributed by atoms with Gasteiger partial charge in [-0.3, -0.25) is 0 Å². The van der Waals surface area contributed by atoms with Crippen molar-refractivity contribution in [1.29, 1.82) is 0 Å². The van der Waals surface area contributed by atoms with Crippen LogP contribution in [0.25, 0.3) is 16.7 Å². The predicted octanol–water partition coefficient (Wildman–Crippen LogP) is 4.28. The first-order chi connectivity index (χ1) is 7.72. The van der Waals surface area contributed by atoms with Crippen molar-refractivity contribution in [2.24, 2.45) is 5.92 Å². The summed E-state index contributed by atoms with van der Waals surface area (Å²) >= 11 is 3.44. The molecule has 2 rings (SSSR count). The highest BCUT2D eigenvalue weighted by atomic mass is 79.9. The smallest absolute Gasteiger partial charge is 0.100 e. The van der Waals surface area contributed by atoms with Gasteiger partial charge in [-0.25, -0.2) is 4.98 Å². The Morgan fingerprint density at radius 2 is 2.19 bits per heavy atom. The first kappa shape index (κ1) is 11.4. The number of rotatable bonds is 3. The van der Waals surface area contributed by atoms with Gasteiger partial charge in [0, 0.05) is 10.7 Å². The highest BCUT2D eigenvalue weighted by Gasteiger charge is 2.07. The monoisotopic (exact) mass is 278 g/mol. The molecule has 1 aromatic carbocycles. The summed E-state index contributed by atoms with van der Waals surface area (Å²) in [6.45, 7) is 4.44. The maximum absolute atomic E-state index is 4.40. The van der Waals surface area contributed by atoms with Gasteiger partial charge >= 0.3 is 0 Å². The molecule has 0 aliphatic heterocycles. The number of para-hydroxylation sites is 2. The maximum Gasteiger partial charge on any atom is 0.100 e. The van der Waals surface area contributed by atoms with E-state index in [2.05, 4.69) is 45.4 Å². The number of hydrogen-bond acceptors (Lipinski definition) is 1. The van der Waals surface area contributed by atoms with Crippen LogP contribution in [-0.4, -0.2) is 9.55 Å². The number of imidazole rings is 1. The molecule has 16 heavy (non-hydrogen) atoms. The molecule has 0 aliphatic carbocycles. The molecular weight excluding hydrogens is 264 g/mol. The molecule has 3 heteroatoms. The lowest BCUT2D eigenvalue weighted by Crippen LogP contribution is -1.98. The molecule has 0 saturated heterocycles. The Hall–Kier alpha value is -1.09. The molecule has 0 saturated carbocycles. The van der Waals surface area contributed by atoms with Crippen LogP contribution < -0.4 is 0 Å². The quantitative estimate of drug-likeness (QED) is 0.820. The largest absolute Gasteiger partial charge is 0.302 e. The van der Waals surface area contributed by atoms with Crippen LogP contribution in [-0.2, 0) is 0 Å². The summed E-state index contributed by atoms with van der Waals surface area (Å²) in [6, 6.07) is 8.19. The molecule has 1 aromatic heterocycles. The van der Waals surface area contributed by atoms with E-state index in [-0.39, 0.29) is 0 Å². The van der Waals surface area contributed by atoms with E-state index in [1.807, 2.05) is 29.5 Å².